The maximum atomic E-state index is 13.1. The van der Waals surface area contributed by atoms with E-state index in [2.05, 4.69) is 15.5 Å². The SMILES string of the molecule is O=C(NCc1n[nH]c(=O)c2ccccc12)c1cccc(F)c1. The minimum Gasteiger partial charge on any atom is -0.346 e. The molecule has 6 heteroatoms. The van der Waals surface area contributed by atoms with E-state index in [-0.39, 0.29) is 17.7 Å². The van der Waals surface area contributed by atoms with Crippen LogP contribution in [0.4, 0.5) is 4.39 Å². The van der Waals surface area contributed by atoms with E-state index in [4.69, 9.17) is 0 Å². The first kappa shape index (κ1) is 13.9. The summed E-state index contributed by atoms with van der Waals surface area (Å²) in [7, 11) is 0. The third-order valence-corrected chi connectivity index (χ3v) is 3.28. The van der Waals surface area contributed by atoms with Crippen LogP contribution in [0.1, 0.15) is 16.1 Å². The Morgan fingerprint density at radius 2 is 1.91 bits per heavy atom. The van der Waals surface area contributed by atoms with Gasteiger partial charge >= 0.3 is 0 Å². The van der Waals surface area contributed by atoms with Crippen molar-refractivity contribution in [3.8, 4) is 0 Å². The van der Waals surface area contributed by atoms with Gasteiger partial charge in [0.15, 0.2) is 0 Å². The molecule has 3 rings (SSSR count). The number of rotatable bonds is 3. The standard InChI is InChI=1S/C16H12FN3O2/c17-11-5-3-4-10(8-11)15(21)18-9-14-12-6-1-2-7-13(12)16(22)20-19-14/h1-8H,9H2,(H,18,21)(H,20,22). The Morgan fingerprint density at radius 1 is 1.14 bits per heavy atom. The van der Waals surface area contributed by atoms with Crippen LogP contribution in [0, 0.1) is 5.82 Å². The van der Waals surface area contributed by atoms with Crippen LogP contribution >= 0.6 is 0 Å². The van der Waals surface area contributed by atoms with Crippen LogP contribution < -0.4 is 10.9 Å². The van der Waals surface area contributed by atoms with Crippen LogP contribution in [0.25, 0.3) is 10.8 Å². The molecule has 0 aliphatic carbocycles. The Labute approximate surface area is 124 Å². The van der Waals surface area contributed by atoms with Gasteiger partial charge in [0.1, 0.15) is 5.82 Å². The molecule has 0 aliphatic rings. The van der Waals surface area contributed by atoms with Gasteiger partial charge in [-0.25, -0.2) is 9.49 Å². The number of aromatic nitrogens is 2. The zero-order chi connectivity index (χ0) is 15.5. The zero-order valence-electron chi connectivity index (χ0n) is 11.5. The normalized spacial score (nSPS) is 10.6. The van der Waals surface area contributed by atoms with Crippen LogP contribution in [-0.2, 0) is 6.54 Å². The lowest BCUT2D eigenvalue weighted by molar-refractivity contribution is 0.0950. The molecule has 0 spiro atoms. The minimum atomic E-state index is -0.472. The highest BCUT2D eigenvalue weighted by molar-refractivity contribution is 5.94. The van der Waals surface area contributed by atoms with E-state index in [1.165, 1.54) is 18.2 Å². The number of nitrogens with zero attached hydrogens (tertiary/aromatic N) is 1. The van der Waals surface area contributed by atoms with Crippen LogP contribution in [0.2, 0.25) is 0 Å². The van der Waals surface area contributed by atoms with Crippen LogP contribution in [0.15, 0.2) is 53.3 Å². The molecule has 0 atom stereocenters. The smallest absolute Gasteiger partial charge is 0.272 e. The first-order valence-corrected chi connectivity index (χ1v) is 6.65. The number of fused-ring (bicyclic) bond motifs is 1. The molecule has 1 heterocycles. The minimum absolute atomic E-state index is 0.132. The number of H-pyrrole nitrogens is 1. The number of hydrogen-bond acceptors (Lipinski definition) is 3. The molecule has 1 aromatic heterocycles. The van der Waals surface area contributed by atoms with Gasteiger partial charge in [-0.05, 0) is 24.3 Å². The molecule has 2 N–H and O–H groups in total. The lowest BCUT2D eigenvalue weighted by atomic mass is 10.1. The molecular formula is C16H12FN3O2. The Bertz CT molecular complexity index is 905. The summed E-state index contributed by atoms with van der Waals surface area (Å²) in [6, 6.07) is 12.4. The van der Waals surface area contributed by atoms with Crippen molar-refractivity contribution in [1.29, 1.82) is 0 Å². The zero-order valence-corrected chi connectivity index (χ0v) is 11.5. The Morgan fingerprint density at radius 3 is 2.68 bits per heavy atom. The number of carbonyl (C=O) groups excluding carboxylic acids is 1. The third kappa shape index (κ3) is 2.71. The van der Waals surface area contributed by atoms with Crippen molar-refractivity contribution in [3.63, 3.8) is 0 Å². The van der Waals surface area contributed by atoms with E-state index in [1.807, 2.05) is 0 Å². The van der Waals surface area contributed by atoms with Gasteiger partial charge in [0.05, 0.1) is 17.6 Å². The van der Waals surface area contributed by atoms with E-state index in [0.717, 1.165) is 6.07 Å². The number of carbonyl (C=O) groups is 1. The lowest BCUT2D eigenvalue weighted by Crippen LogP contribution is -2.24. The van der Waals surface area contributed by atoms with Crippen molar-refractivity contribution in [2.24, 2.45) is 0 Å². The van der Waals surface area contributed by atoms with Gasteiger partial charge in [0, 0.05) is 10.9 Å². The van der Waals surface area contributed by atoms with Crippen LogP contribution in [-0.4, -0.2) is 16.1 Å². The van der Waals surface area contributed by atoms with Crippen molar-refractivity contribution >= 4 is 16.7 Å². The fourth-order valence-electron chi connectivity index (χ4n) is 2.20. The van der Waals surface area contributed by atoms with Gasteiger partial charge in [-0.15, -0.1) is 0 Å². The van der Waals surface area contributed by atoms with Crippen molar-refractivity contribution < 1.29 is 9.18 Å². The fourth-order valence-corrected chi connectivity index (χ4v) is 2.20. The van der Waals surface area contributed by atoms with Crippen molar-refractivity contribution in [2.75, 3.05) is 0 Å². The van der Waals surface area contributed by atoms with E-state index in [1.54, 1.807) is 24.3 Å². The Kier molecular flexibility index (Phi) is 3.65. The number of benzene rings is 2. The van der Waals surface area contributed by atoms with E-state index >= 15 is 0 Å². The molecule has 110 valence electrons. The maximum Gasteiger partial charge on any atom is 0.272 e. The highest BCUT2D eigenvalue weighted by Crippen LogP contribution is 2.12. The summed E-state index contributed by atoms with van der Waals surface area (Å²) >= 11 is 0. The average molecular weight is 297 g/mol. The predicted octanol–water partition coefficient (Wildman–Crippen LogP) is 1.99. The summed E-state index contributed by atoms with van der Waals surface area (Å²) in [6.07, 6.45) is 0. The van der Waals surface area contributed by atoms with Gasteiger partial charge < -0.3 is 5.32 Å². The van der Waals surface area contributed by atoms with Crippen LogP contribution in [0.5, 0.6) is 0 Å². The molecule has 1 amide bonds. The summed E-state index contributed by atoms with van der Waals surface area (Å²) in [5, 5.41) is 10.2. The molecule has 5 nitrogen and oxygen atoms in total. The summed E-state index contributed by atoms with van der Waals surface area (Å²) < 4.78 is 13.1. The van der Waals surface area contributed by atoms with Gasteiger partial charge in [0.2, 0.25) is 0 Å². The van der Waals surface area contributed by atoms with Gasteiger partial charge in [-0.1, -0.05) is 24.3 Å². The summed E-state index contributed by atoms with van der Waals surface area (Å²) in [6.45, 7) is 0.132. The number of halogens is 1. The van der Waals surface area contributed by atoms with Crippen LogP contribution in [0.3, 0.4) is 0 Å². The first-order chi connectivity index (χ1) is 10.6. The second-order valence-electron chi connectivity index (χ2n) is 4.74. The second kappa shape index (κ2) is 5.77. The topological polar surface area (TPSA) is 74.8 Å². The molecule has 0 radical (unpaired) electrons. The second-order valence-corrected chi connectivity index (χ2v) is 4.74. The third-order valence-electron chi connectivity index (χ3n) is 3.28. The highest BCUT2D eigenvalue weighted by atomic mass is 19.1. The molecule has 0 fully saturated rings. The van der Waals surface area contributed by atoms with Gasteiger partial charge in [-0.3, -0.25) is 9.59 Å². The van der Waals surface area contributed by atoms with E-state index < -0.39 is 11.7 Å². The molecule has 3 aromatic rings. The largest absolute Gasteiger partial charge is 0.346 e. The molecule has 22 heavy (non-hydrogen) atoms. The molecule has 2 aromatic carbocycles. The number of aromatic amines is 1. The number of hydrogen-bond donors (Lipinski definition) is 2. The monoisotopic (exact) mass is 297 g/mol. The predicted molar refractivity (Wildman–Crippen MR) is 79.9 cm³/mol. The summed E-state index contributed by atoms with van der Waals surface area (Å²) in [4.78, 5) is 23.7. The van der Waals surface area contributed by atoms with Crippen molar-refractivity contribution in [2.45, 2.75) is 6.54 Å². The molecule has 0 saturated carbocycles. The number of nitrogens with one attached hydrogen (secondary N) is 2. The van der Waals surface area contributed by atoms with Crippen molar-refractivity contribution in [1.82, 2.24) is 15.5 Å². The summed E-state index contributed by atoms with van der Waals surface area (Å²) in [5.74, 6) is -0.878. The lowest BCUT2D eigenvalue weighted by Gasteiger charge is -2.07. The fraction of sp³-hybridized carbons (Fsp3) is 0.0625. The highest BCUT2D eigenvalue weighted by Gasteiger charge is 2.09. The maximum absolute atomic E-state index is 13.1. The Balaban J connectivity index is 1.84. The quantitative estimate of drug-likeness (QED) is 0.776. The van der Waals surface area contributed by atoms with Crippen molar-refractivity contribution in [3.05, 3.63) is 76.0 Å². The van der Waals surface area contributed by atoms with Gasteiger partial charge in [0.25, 0.3) is 11.5 Å². The van der Waals surface area contributed by atoms with E-state index in [9.17, 15) is 14.0 Å². The van der Waals surface area contributed by atoms with E-state index in [0.29, 0.717) is 16.5 Å². The molecule has 0 aliphatic heterocycles. The average Bonchev–Trinajstić information content (AvgIpc) is 2.54. The molecule has 0 bridgehead atoms. The Hall–Kier alpha value is -3.02. The summed E-state index contributed by atoms with van der Waals surface area (Å²) in [5.41, 5.74) is 0.490. The molecular weight excluding hydrogens is 285 g/mol. The number of amides is 1. The van der Waals surface area contributed by atoms with Gasteiger partial charge in [-0.2, -0.15) is 5.10 Å². The molecule has 0 unspecified atom stereocenters. The first-order valence-electron chi connectivity index (χ1n) is 6.65. The molecule has 0 saturated heterocycles.